The summed E-state index contributed by atoms with van der Waals surface area (Å²) in [5.41, 5.74) is 7.39. The highest BCUT2D eigenvalue weighted by atomic mass is 19.3. The van der Waals surface area contributed by atoms with Gasteiger partial charge in [-0.15, -0.1) is 8.78 Å². The smallest absolute Gasteiger partial charge is 0.489 e. The predicted octanol–water partition coefficient (Wildman–Crippen LogP) is 5.19. The molecule has 2 aliphatic carbocycles. The normalized spacial score (nSPS) is 21.2. The summed E-state index contributed by atoms with van der Waals surface area (Å²) in [6.07, 6.45) is 0.296. The summed E-state index contributed by atoms with van der Waals surface area (Å²) in [7, 11) is 0. The van der Waals surface area contributed by atoms with Crippen LogP contribution in [0.5, 0.6) is 23.0 Å². The largest absolute Gasteiger partial charge is 0.586 e. The number of hydrogen-bond acceptors (Lipinski definition) is 9. The zero-order valence-corrected chi connectivity index (χ0v) is 27.6. The average Bonchev–Trinajstić information content (AvgIpc) is 4.02. The second-order valence-corrected chi connectivity index (χ2v) is 13.9. The molecule has 2 aromatic heterocycles. The van der Waals surface area contributed by atoms with E-state index in [4.69, 9.17) is 25.2 Å². The van der Waals surface area contributed by atoms with Gasteiger partial charge in [-0.1, -0.05) is 0 Å². The minimum absolute atomic E-state index is 0.0777. The summed E-state index contributed by atoms with van der Waals surface area (Å²) >= 11 is 0. The highest BCUT2D eigenvalue weighted by molar-refractivity contribution is 6.00. The molecule has 2 saturated carbocycles. The van der Waals surface area contributed by atoms with E-state index in [-0.39, 0.29) is 53.8 Å². The Hall–Kier alpha value is -5.33. The van der Waals surface area contributed by atoms with E-state index in [2.05, 4.69) is 14.8 Å². The Balaban J connectivity index is 1.19. The minimum atomic E-state index is -3.83. The number of fused-ring (bicyclic) bond motifs is 3. The number of aryl methyl sites for hydroxylation is 2. The third kappa shape index (κ3) is 5.26. The van der Waals surface area contributed by atoms with Gasteiger partial charge in [0.15, 0.2) is 11.5 Å². The fourth-order valence-electron chi connectivity index (χ4n) is 6.73. The number of nitrogens with zero attached hydrogens (tertiary/aromatic N) is 2. The minimum Gasteiger partial charge on any atom is -0.489 e. The van der Waals surface area contributed by atoms with Crippen LogP contribution in [-0.4, -0.2) is 53.6 Å². The molecule has 4 aliphatic rings. The Morgan fingerprint density at radius 1 is 1.06 bits per heavy atom. The fourth-order valence-corrected chi connectivity index (χ4v) is 6.73. The molecule has 2 aliphatic heterocycles. The van der Waals surface area contributed by atoms with E-state index in [0.29, 0.717) is 40.8 Å². The van der Waals surface area contributed by atoms with Gasteiger partial charge in [0.1, 0.15) is 41.0 Å². The number of halogens is 2. The molecule has 4 heterocycles. The molecule has 2 aromatic carbocycles. The molecular formula is C37H34F2N4O7. The van der Waals surface area contributed by atoms with Gasteiger partial charge in [-0.25, -0.2) is 9.97 Å². The lowest BCUT2D eigenvalue weighted by Crippen LogP contribution is -2.45. The number of benzene rings is 2. The van der Waals surface area contributed by atoms with Crippen LogP contribution in [0, 0.1) is 19.8 Å². The molecule has 0 radical (unpaired) electrons. The quantitative estimate of drug-likeness (QED) is 0.215. The fraction of sp³-hybridized carbons (Fsp3) is 0.378. The van der Waals surface area contributed by atoms with Gasteiger partial charge in [-0.05, 0) is 100 Å². The second kappa shape index (κ2) is 11.1. The first-order valence-electron chi connectivity index (χ1n) is 16.5. The summed E-state index contributed by atoms with van der Waals surface area (Å²) < 4.78 is 49.2. The molecule has 50 heavy (non-hydrogen) atoms. The number of pyridine rings is 2. The molecule has 13 heteroatoms. The van der Waals surface area contributed by atoms with Gasteiger partial charge >= 0.3 is 6.29 Å². The molecule has 11 nitrogen and oxygen atoms in total. The van der Waals surface area contributed by atoms with Crippen molar-refractivity contribution in [2.24, 2.45) is 11.7 Å². The first-order chi connectivity index (χ1) is 23.8. The van der Waals surface area contributed by atoms with Crippen molar-refractivity contribution in [2.45, 2.75) is 69.7 Å². The van der Waals surface area contributed by atoms with Gasteiger partial charge in [0.05, 0.1) is 17.2 Å². The number of hydrogen-bond donors (Lipinski definition) is 2. The van der Waals surface area contributed by atoms with Crippen LogP contribution in [0.15, 0.2) is 42.5 Å². The zero-order chi connectivity index (χ0) is 35.2. The van der Waals surface area contributed by atoms with E-state index < -0.39 is 28.9 Å². The molecule has 0 spiro atoms. The van der Waals surface area contributed by atoms with Crippen LogP contribution in [0.2, 0.25) is 0 Å². The van der Waals surface area contributed by atoms with Gasteiger partial charge in [0, 0.05) is 34.3 Å². The molecular weight excluding hydrogens is 650 g/mol. The number of ether oxygens (including phenoxy) is 4. The molecule has 2 fully saturated rings. The van der Waals surface area contributed by atoms with Gasteiger partial charge in [0.2, 0.25) is 5.91 Å². The van der Waals surface area contributed by atoms with Gasteiger partial charge in [-0.2, -0.15) is 0 Å². The van der Waals surface area contributed by atoms with Crippen molar-refractivity contribution in [3.05, 3.63) is 70.5 Å². The van der Waals surface area contributed by atoms with Crippen LogP contribution >= 0.6 is 0 Å². The molecule has 8 rings (SSSR count). The topological polar surface area (TPSA) is 152 Å². The Bertz CT molecular complexity index is 2130. The number of amides is 2. The van der Waals surface area contributed by atoms with Crippen LogP contribution in [0.4, 0.5) is 8.78 Å². The number of primary amides is 1. The van der Waals surface area contributed by atoms with Crippen molar-refractivity contribution in [2.75, 3.05) is 13.2 Å². The van der Waals surface area contributed by atoms with Crippen LogP contribution < -0.4 is 30.0 Å². The number of nitrogens with two attached hydrogens (primary N) is 1. The van der Waals surface area contributed by atoms with E-state index in [9.17, 15) is 23.2 Å². The summed E-state index contributed by atoms with van der Waals surface area (Å²) in [6.45, 7) is 5.32. The van der Waals surface area contributed by atoms with Crippen molar-refractivity contribution in [1.29, 1.82) is 0 Å². The predicted molar refractivity (Wildman–Crippen MR) is 176 cm³/mol. The second-order valence-electron chi connectivity index (χ2n) is 13.9. The molecule has 0 saturated heterocycles. The lowest BCUT2D eigenvalue weighted by molar-refractivity contribution is -0.286. The van der Waals surface area contributed by atoms with E-state index >= 15 is 0 Å². The Kier molecular flexibility index (Phi) is 7.08. The Labute approximate surface area is 285 Å². The number of aldehydes is 1. The molecule has 0 unspecified atom stereocenters. The van der Waals surface area contributed by atoms with Crippen molar-refractivity contribution < 1.29 is 42.1 Å². The Morgan fingerprint density at radius 3 is 2.52 bits per heavy atom. The maximum absolute atomic E-state index is 13.9. The van der Waals surface area contributed by atoms with E-state index in [0.717, 1.165) is 35.8 Å². The van der Waals surface area contributed by atoms with E-state index in [1.165, 1.54) is 18.2 Å². The molecule has 3 N–H and O–H groups in total. The molecule has 2 amide bonds. The first-order valence-corrected chi connectivity index (χ1v) is 16.5. The summed E-state index contributed by atoms with van der Waals surface area (Å²) in [6, 6.07) is 11.2. The number of nitrogens with one attached hydrogen (secondary N) is 1. The third-order valence-electron chi connectivity index (χ3n) is 10.2. The third-order valence-corrected chi connectivity index (χ3v) is 10.2. The van der Waals surface area contributed by atoms with Crippen molar-refractivity contribution >= 4 is 29.0 Å². The van der Waals surface area contributed by atoms with Gasteiger partial charge in [-0.3, -0.25) is 9.59 Å². The van der Waals surface area contributed by atoms with Crippen molar-refractivity contribution in [3.63, 3.8) is 0 Å². The highest BCUT2D eigenvalue weighted by Crippen LogP contribution is 2.51. The van der Waals surface area contributed by atoms with Crippen LogP contribution in [0.25, 0.3) is 22.2 Å². The molecule has 0 bridgehead atoms. The number of rotatable bonds is 10. The zero-order valence-electron chi connectivity index (χ0n) is 27.6. The molecule has 4 aromatic rings. The maximum Gasteiger partial charge on any atom is 0.586 e. The van der Waals surface area contributed by atoms with Crippen molar-refractivity contribution in [3.8, 4) is 34.3 Å². The lowest BCUT2D eigenvalue weighted by atomic mass is 9.76. The number of carbonyl (C=O) groups is 3. The Morgan fingerprint density at radius 2 is 1.82 bits per heavy atom. The maximum atomic E-state index is 13.9. The number of carbonyl (C=O) groups excluding carboxylic acids is 3. The van der Waals surface area contributed by atoms with Crippen LogP contribution in [0.3, 0.4) is 0 Å². The SMILES string of the molecule is Cc1cc2cc(C(=O)NC[C@](C=O)(c3cc4c(c(-c5ccc6c(c5)OC(F)(F)O6)n3)OC[C@]4(C)C(N)=O)C3CC3)cc(OC3CC3)c2nc1C. The van der Waals surface area contributed by atoms with Crippen molar-refractivity contribution in [1.82, 2.24) is 15.3 Å². The van der Waals surface area contributed by atoms with Gasteiger partial charge < -0.3 is 34.8 Å². The molecule has 258 valence electrons. The lowest BCUT2D eigenvalue weighted by Gasteiger charge is -2.30. The standard InChI is InChI=1S/C37H34F2N4O7/c1-18-10-21-11-22(13-28(48-24-7-8-24)30(21)42-19(18)2)33(45)41-15-36(16-44,23-5-6-23)29-14-25-32(47-17-35(25,3)34(40)46)31(43-29)20-4-9-26-27(12-20)50-37(38,39)49-26/h4,9-14,16,23-24H,5-8,15,17H2,1-3H3,(H2,40,46)(H,41,45)/t35-,36+/m0/s1. The van der Waals surface area contributed by atoms with E-state index in [1.807, 2.05) is 19.9 Å². The highest BCUT2D eigenvalue weighted by Gasteiger charge is 2.51. The van der Waals surface area contributed by atoms with E-state index in [1.54, 1.807) is 25.1 Å². The number of alkyl halides is 2. The van der Waals surface area contributed by atoms with Gasteiger partial charge in [0.25, 0.3) is 5.91 Å². The number of aromatic nitrogens is 2. The summed E-state index contributed by atoms with van der Waals surface area (Å²) in [5, 5.41) is 3.74. The summed E-state index contributed by atoms with van der Waals surface area (Å²) in [5.74, 6) is -0.837. The molecule has 2 atom stereocenters. The monoisotopic (exact) mass is 684 g/mol. The average molecular weight is 685 g/mol. The van der Waals surface area contributed by atoms with Crippen LogP contribution in [0.1, 0.15) is 65.5 Å². The van der Waals surface area contributed by atoms with Crippen LogP contribution in [-0.2, 0) is 20.4 Å². The first kappa shape index (κ1) is 31.9. The summed E-state index contributed by atoms with van der Waals surface area (Å²) in [4.78, 5) is 49.6.